The average molecular weight is 359 g/mol. The molecule has 2 aromatic carbocycles. The lowest BCUT2D eigenvalue weighted by Gasteiger charge is -2.10. The Morgan fingerprint density at radius 3 is 2.60 bits per heavy atom. The fraction of sp³-hybridized carbons (Fsp3) is 0.0714. The summed E-state index contributed by atoms with van der Waals surface area (Å²) in [4.78, 5) is 12.5. The van der Waals surface area contributed by atoms with Gasteiger partial charge < -0.3 is 10.5 Å². The molecule has 20 heavy (non-hydrogen) atoms. The van der Waals surface area contributed by atoms with Gasteiger partial charge in [-0.1, -0.05) is 11.6 Å². The van der Waals surface area contributed by atoms with Crippen LogP contribution in [0, 0.1) is 5.82 Å². The van der Waals surface area contributed by atoms with E-state index in [4.69, 9.17) is 22.1 Å². The molecule has 0 atom stereocenters. The van der Waals surface area contributed by atoms with Gasteiger partial charge in [-0.05, 0) is 40.2 Å². The van der Waals surface area contributed by atoms with Gasteiger partial charge in [0.2, 0.25) is 0 Å². The molecule has 0 aromatic heterocycles. The number of carbonyl (C=O) groups excluding carboxylic acids is 1. The first kappa shape index (κ1) is 14.8. The Balaban J connectivity index is 2.55. The molecule has 104 valence electrons. The maximum absolute atomic E-state index is 13.5. The van der Waals surface area contributed by atoms with Gasteiger partial charge in [-0.25, -0.2) is 4.39 Å². The van der Waals surface area contributed by atoms with Crippen LogP contribution < -0.4 is 10.5 Å². The summed E-state index contributed by atoms with van der Waals surface area (Å²) >= 11 is 8.92. The van der Waals surface area contributed by atoms with Crippen molar-refractivity contribution in [2.24, 2.45) is 0 Å². The van der Waals surface area contributed by atoms with E-state index in [0.29, 0.717) is 16.3 Å². The molecule has 0 aliphatic heterocycles. The summed E-state index contributed by atoms with van der Waals surface area (Å²) in [6, 6.07) is 7.05. The molecule has 0 heterocycles. The quantitative estimate of drug-likeness (QED) is 0.665. The average Bonchev–Trinajstić information content (AvgIpc) is 2.39. The number of ether oxygens (including phenoxy) is 1. The molecule has 0 aliphatic carbocycles. The number of carbonyl (C=O) groups is 1. The zero-order valence-electron chi connectivity index (χ0n) is 10.4. The lowest BCUT2D eigenvalue weighted by Crippen LogP contribution is -2.05. The number of ketones is 1. The van der Waals surface area contributed by atoms with Crippen LogP contribution >= 0.6 is 27.5 Å². The minimum atomic E-state index is -0.510. The molecule has 2 N–H and O–H groups in total. The molecule has 2 rings (SSSR count). The Hall–Kier alpha value is -1.59. The zero-order chi connectivity index (χ0) is 14.9. The summed E-state index contributed by atoms with van der Waals surface area (Å²) in [5.41, 5.74) is 6.57. The summed E-state index contributed by atoms with van der Waals surface area (Å²) in [5, 5.41) is 0.355. The second-order valence-corrected chi connectivity index (χ2v) is 5.36. The van der Waals surface area contributed by atoms with Gasteiger partial charge in [-0.2, -0.15) is 0 Å². The van der Waals surface area contributed by atoms with Crippen LogP contribution in [0.5, 0.6) is 5.75 Å². The van der Waals surface area contributed by atoms with Crippen molar-refractivity contribution in [2.45, 2.75) is 0 Å². The molecule has 0 fully saturated rings. The van der Waals surface area contributed by atoms with Gasteiger partial charge in [0, 0.05) is 22.3 Å². The summed E-state index contributed by atoms with van der Waals surface area (Å²) in [5.74, 6) is -0.713. The monoisotopic (exact) mass is 357 g/mol. The third-order valence-corrected chi connectivity index (χ3v) is 3.50. The van der Waals surface area contributed by atoms with E-state index in [1.807, 2.05) is 0 Å². The molecule has 2 aromatic rings. The van der Waals surface area contributed by atoms with E-state index >= 15 is 0 Å². The fourth-order valence-corrected chi connectivity index (χ4v) is 2.36. The highest BCUT2D eigenvalue weighted by Crippen LogP contribution is 2.29. The number of anilines is 1. The van der Waals surface area contributed by atoms with Crippen LogP contribution in [0.1, 0.15) is 15.9 Å². The molecule has 0 saturated carbocycles. The standard InChI is InChI=1S/C14H10BrClFNO2/c1-20-13-6-12(17)11(15)5-10(13)14(19)7-2-8(16)4-9(18)3-7/h2-6H,18H2,1H3. The third-order valence-electron chi connectivity index (χ3n) is 2.67. The second-order valence-electron chi connectivity index (χ2n) is 4.07. The van der Waals surface area contributed by atoms with Crippen molar-refractivity contribution in [3.63, 3.8) is 0 Å². The number of nitrogens with two attached hydrogens (primary N) is 1. The van der Waals surface area contributed by atoms with Gasteiger partial charge in [-0.3, -0.25) is 4.79 Å². The van der Waals surface area contributed by atoms with E-state index in [1.165, 1.54) is 31.4 Å². The van der Waals surface area contributed by atoms with Crippen LogP contribution in [-0.2, 0) is 0 Å². The molecule has 0 radical (unpaired) electrons. The number of halogens is 3. The smallest absolute Gasteiger partial charge is 0.196 e. The molecule has 3 nitrogen and oxygen atoms in total. The van der Waals surface area contributed by atoms with Gasteiger partial charge in [0.25, 0.3) is 0 Å². The second kappa shape index (κ2) is 5.81. The fourth-order valence-electron chi connectivity index (χ4n) is 1.77. The molecule has 0 saturated heterocycles. The first-order valence-electron chi connectivity index (χ1n) is 5.56. The third kappa shape index (κ3) is 2.94. The number of benzene rings is 2. The van der Waals surface area contributed by atoms with Crippen molar-refractivity contribution >= 4 is 39.0 Å². The van der Waals surface area contributed by atoms with Crippen molar-refractivity contribution in [1.29, 1.82) is 0 Å². The number of hydrogen-bond acceptors (Lipinski definition) is 3. The SMILES string of the molecule is COc1cc(F)c(Br)cc1C(=O)c1cc(N)cc(Cl)c1. The van der Waals surface area contributed by atoms with E-state index in [1.54, 1.807) is 0 Å². The molecule has 0 amide bonds. The highest BCUT2D eigenvalue weighted by atomic mass is 79.9. The van der Waals surface area contributed by atoms with Gasteiger partial charge in [0.1, 0.15) is 11.6 Å². The van der Waals surface area contributed by atoms with E-state index in [9.17, 15) is 9.18 Å². The maximum Gasteiger partial charge on any atom is 0.196 e. The summed E-state index contributed by atoms with van der Waals surface area (Å²) in [6.07, 6.45) is 0. The predicted octanol–water partition coefficient (Wildman–Crippen LogP) is 4.06. The van der Waals surface area contributed by atoms with Crippen molar-refractivity contribution in [3.8, 4) is 5.75 Å². The molecule has 6 heteroatoms. The summed E-state index contributed by atoms with van der Waals surface area (Å²) in [7, 11) is 1.37. The van der Waals surface area contributed by atoms with Crippen LogP contribution in [0.25, 0.3) is 0 Å². The van der Waals surface area contributed by atoms with Gasteiger partial charge in [-0.15, -0.1) is 0 Å². The van der Waals surface area contributed by atoms with Crippen LogP contribution in [0.2, 0.25) is 5.02 Å². The Labute approximate surface area is 128 Å². The topological polar surface area (TPSA) is 52.3 Å². The zero-order valence-corrected chi connectivity index (χ0v) is 12.8. The maximum atomic E-state index is 13.5. The number of nitrogen functional groups attached to an aromatic ring is 1. The van der Waals surface area contributed by atoms with Crippen molar-refractivity contribution < 1.29 is 13.9 Å². The van der Waals surface area contributed by atoms with Gasteiger partial charge >= 0.3 is 0 Å². The van der Waals surface area contributed by atoms with E-state index in [-0.39, 0.29) is 21.6 Å². The summed E-state index contributed by atoms with van der Waals surface area (Å²) < 4.78 is 18.7. The van der Waals surface area contributed by atoms with Crippen LogP contribution in [0.3, 0.4) is 0 Å². The van der Waals surface area contributed by atoms with Crippen LogP contribution in [0.15, 0.2) is 34.8 Å². The largest absolute Gasteiger partial charge is 0.496 e. The first-order chi connectivity index (χ1) is 9.42. The Morgan fingerprint density at radius 1 is 1.30 bits per heavy atom. The lowest BCUT2D eigenvalue weighted by atomic mass is 10.0. The minimum absolute atomic E-state index is 0.147. The number of hydrogen-bond donors (Lipinski definition) is 1. The van der Waals surface area contributed by atoms with Crippen molar-refractivity contribution in [2.75, 3.05) is 12.8 Å². The predicted molar refractivity (Wildman–Crippen MR) is 79.9 cm³/mol. The Bertz CT molecular complexity index is 671. The number of methoxy groups -OCH3 is 1. The molecule has 0 unspecified atom stereocenters. The number of rotatable bonds is 3. The van der Waals surface area contributed by atoms with Crippen molar-refractivity contribution in [1.82, 2.24) is 0 Å². The highest BCUT2D eigenvalue weighted by molar-refractivity contribution is 9.10. The molecular formula is C14H10BrClFNO2. The van der Waals surface area contributed by atoms with E-state index < -0.39 is 5.82 Å². The molecule has 0 aliphatic rings. The van der Waals surface area contributed by atoms with Crippen LogP contribution in [-0.4, -0.2) is 12.9 Å². The molecule has 0 spiro atoms. The van der Waals surface area contributed by atoms with Crippen LogP contribution in [0.4, 0.5) is 10.1 Å². The minimum Gasteiger partial charge on any atom is -0.496 e. The first-order valence-corrected chi connectivity index (χ1v) is 6.73. The lowest BCUT2D eigenvalue weighted by molar-refractivity contribution is 0.103. The Kier molecular flexibility index (Phi) is 4.30. The van der Waals surface area contributed by atoms with Gasteiger partial charge in [0.05, 0.1) is 17.1 Å². The highest BCUT2D eigenvalue weighted by Gasteiger charge is 2.18. The summed E-state index contributed by atoms with van der Waals surface area (Å²) in [6.45, 7) is 0. The van der Waals surface area contributed by atoms with Crippen molar-refractivity contribution in [3.05, 3.63) is 56.8 Å². The molecular weight excluding hydrogens is 349 g/mol. The van der Waals surface area contributed by atoms with E-state index in [0.717, 1.165) is 6.07 Å². The Morgan fingerprint density at radius 2 is 2.00 bits per heavy atom. The van der Waals surface area contributed by atoms with Gasteiger partial charge in [0.15, 0.2) is 5.78 Å². The normalized spacial score (nSPS) is 10.4. The molecule has 0 bridgehead atoms. The van der Waals surface area contributed by atoms with E-state index in [2.05, 4.69) is 15.9 Å².